The molecule has 1 saturated carbocycles. The smallest absolute Gasteiger partial charge is 0.436 e. The maximum Gasteiger partial charge on any atom is 0.436 e. The zero-order valence-electron chi connectivity index (χ0n) is 22.5. The van der Waals surface area contributed by atoms with Crippen molar-refractivity contribution in [1.82, 2.24) is 10.2 Å². The van der Waals surface area contributed by atoms with Crippen molar-refractivity contribution in [1.29, 1.82) is 0 Å². The fraction of sp³-hybridized carbons (Fsp3) is 0.630. The van der Waals surface area contributed by atoms with Crippen molar-refractivity contribution >= 4 is 23.7 Å². The molecule has 1 aliphatic heterocycles. The van der Waals surface area contributed by atoms with Crippen molar-refractivity contribution in [3.63, 3.8) is 0 Å². The summed E-state index contributed by atoms with van der Waals surface area (Å²) >= 11 is 0. The first-order valence-corrected chi connectivity index (χ1v) is 13.0. The van der Waals surface area contributed by atoms with Gasteiger partial charge in [-0.25, -0.2) is 4.79 Å². The Kier molecular flexibility index (Phi) is 9.17. The number of ether oxygens (including phenoxy) is 2. The number of nitrogens with one attached hydrogen (secondary N) is 1. The van der Waals surface area contributed by atoms with Crippen molar-refractivity contribution < 1.29 is 23.9 Å². The highest BCUT2D eigenvalue weighted by molar-refractivity contribution is 6.03. The van der Waals surface area contributed by atoms with Crippen LogP contribution in [0.2, 0.25) is 0 Å². The molecule has 1 aliphatic carbocycles. The fourth-order valence-electron chi connectivity index (χ4n) is 5.55. The van der Waals surface area contributed by atoms with Gasteiger partial charge >= 0.3 is 6.09 Å². The van der Waals surface area contributed by atoms with Gasteiger partial charge in [0.25, 0.3) is 0 Å². The summed E-state index contributed by atoms with van der Waals surface area (Å²) in [5.41, 5.74) is 11.4. The molecule has 0 radical (unpaired) electrons. The van der Waals surface area contributed by atoms with E-state index in [1.54, 1.807) is 43.9 Å². The van der Waals surface area contributed by atoms with E-state index in [1.807, 2.05) is 0 Å². The van der Waals surface area contributed by atoms with Crippen molar-refractivity contribution in [3.05, 3.63) is 29.3 Å². The third kappa shape index (κ3) is 6.60. The molecule has 10 heteroatoms. The predicted molar refractivity (Wildman–Crippen MR) is 141 cm³/mol. The van der Waals surface area contributed by atoms with Gasteiger partial charge in [-0.05, 0) is 58.4 Å². The van der Waals surface area contributed by atoms with Crippen LogP contribution in [0.5, 0.6) is 5.75 Å². The summed E-state index contributed by atoms with van der Waals surface area (Å²) in [6, 6.07) is 5.15. The molecule has 3 rings (SSSR count). The quantitative estimate of drug-likeness (QED) is 0.373. The molecule has 1 saturated heterocycles. The number of carbonyl (C=O) groups is 3. The highest BCUT2D eigenvalue weighted by Crippen LogP contribution is 2.43. The molecule has 1 heterocycles. The van der Waals surface area contributed by atoms with Crippen LogP contribution in [0.3, 0.4) is 0 Å². The van der Waals surface area contributed by atoms with Crippen LogP contribution in [0.1, 0.15) is 76.8 Å². The van der Waals surface area contributed by atoms with Crippen LogP contribution in [-0.4, -0.2) is 60.0 Å². The van der Waals surface area contributed by atoms with Crippen LogP contribution in [-0.2, 0) is 20.9 Å². The van der Waals surface area contributed by atoms with Crippen molar-refractivity contribution in [2.45, 2.75) is 83.4 Å². The largest absolute Gasteiger partial charge is 0.496 e. The standard InChI is InChI=1S/C27H41N5O5/c1-26(2,3)37-25(35)31-23(29)18-11-12-19(21(15-18)36-4)17-30-24(34)27(20-9-6-5-7-10-20)13-8-14-32(27)22(33)16-28/h11-12,15,20H,5-10,13-14,16-17,28H2,1-4H3,(H,30,34)(H2,29,31,35)/t27-/m1/s1. The second kappa shape index (κ2) is 11.9. The molecule has 0 unspecified atom stereocenters. The van der Waals surface area contributed by atoms with Crippen molar-refractivity contribution in [2.24, 2.45) is 22.4 Å². The molecule has 0 spiro atoms. The SMILES string of the molecule is COc1cc(C(N)=NC(=O)OC(C)(C)C)ccc1CNC(=O)[C@]1(C2CCCCC2)CCCN1C(=O)CN. The summed E-state index contributed by atoms with van der Waals surface area (Å²) in [6.45, 7) is 5.90. The first kappa shape index (κ1) is 28.4. The molecule has 10 nitrogen and oxygen atoms in total. The molecule has 1 aromatic rings. The Morgan fingerprint density at radius 2 is 1.86 bits per heavy atom. The van der Waals surface area contributed by atoms with E-state index in [-0.39, 0.29) is 36.7 Å². The summed E-state index contributed by atoms with van der Waals surface area (Å²) in [5, 5.41) is 3.08. The Labute approximate surface area is 219 Å². The maximum atomic E-state index is 13.8. The molecule has 0 aromatic heterocycles. The molecule has 204 valence electrons. The number of amidine groups is 1. The molecule has 3 amide bonds. The summed E-state index contributed by atoms with van der Waals surface area (Å²) in [5.74, 6) is 0.289. The molecule has 5 N–H and O–H groups in total. The van der Waals surface area contributed by atoms with Gasteiger partial charge in [-0.2, -0.15) is 4.99 Å². The van der Waals surface area contributed by atoms with Crippen LogP contribution >= 0.6 is 0 Å². The number of rotatable bonds is 7. The Morgan fingerprint density at radius 1 is 1.16 bits per heavy atom. The molecule has 2 fully saturated rings. The summed E-state index contributed by atoms with van der Waals surface area (Å²) in [4.78, 5) is 44.1. The molecule has 1 aromatic carbocycles. The van der Waals surface area contributed by atoms with Gasteiger partial charge in [0.1, 0.15) is 22.7 Å². The van der Waals surface area contributed by atoms with E-state index in [0.29, 0.717) is 24.3 Å². The zero-order valence-corrected chi connectivity index (χ0v) is 22.5. The number of methoxy groups -OCH3 is 1. The highest BCUT2D eigenvalue weighted by atomic mass is 16.6. The minimum absolute atomic E-state index is 0.00119. The molecule has 0 bridgehead atoms. The number of hydrogen-bond acceptors (Lipinski definition) is 6. The van der Waals surface area contributed by atoms with Gasteiger partial charge in [0.15, 0.2) is 0 Å². The van der Waals surface area contributed by atoms with Crippen LogP contribution in [0.15, 0.2) is 23.2 Å². The molecule has 2 aliphatic rings. The third-order valence-corrected chi connectivity index (χ3v) is 7.20. The number of likely N-dealkylation sites (tertiary alicyclic amines) is 1. The number of carbonyl (C=O) groups excluding carboxylic acids is 3. The summed E-state index contributed by atoms with van der Waals surface area (Å²) in [7, 11) is 1.52. The Balaban J connectivity index is 1.79. The molecular weight excluding hydrogens is 474 g/mol. The van der Waals surface area contributed by atoms with Gasteiger partial charge in [-0.15, -0.1) is 0 Å². The number of hydrogen-bond donors (Lipinski definition) is 3. The van der Waals surface area contributed by atoms with Gasteiger partial charge in [0, 0.05) is 24.2 Å². The summed E-state index contributed by atoms with van der Waals surface area (Å²) in [6.07, 6.45) is 5.78. The van der Waals surface area contributed by atoms with E-state index in [9.17, 15) is 14.4 Å². The van der Waals surface area contributed by atoms with Crippen LogP contribution in [0, 0.1) is 5.92 Å². The number of amides is 3. The van der Waals surface area contributed by atoms with Crippen LogP contribution in [0.25, 0.3) is 0 Å². The van der Waals surface area contributed by atoms with E-state index in [4.69, 9.17) is 20.9 Å². The molecular formula is C27H41N5O5. The lowest BCUT2D eigenvalue weighted by Gasteiger charge is -2.44. The normalized spacial score (nSPS) is 21.0. The van der Waals surface area contributed by atoms with Gasteiger partial charge in [-0.3, -0.25) is 9.59 Å². The average molecular weight is 516 g/mol. The highest BCUT2D eigenvalue weighted by Gasteiger charge is 2.54. The lowest BCUT2D eigenvalue weighted by atomic mass is 9.72. The molecule has 37 heavy (non-hydrogen) atoms. The Bertz CT molecular complexity index is 1030. The third-order valence-electron chi connectivity index (χ3n) is 7.20. The van der Waals surface area contributed by atoms with E-state index >= 15 is 0 Å². The zero-order chi connectivity index (χ0) is 27.2. The first-order valence-electron chi connectivity index (χ1n) is 13.0. The number of benzene rings is 1. The van der Waals surface area contributed by atoms with Gasteiger partial charge in [-0.1, -0.05) is 31.4 Å². The number of nitrogens with zero attached hydrogens (tertiary/aromatic N) is 2. The van der Waals surface area contributed by atoms with Crippen LogP contribution in [0.4, 0.5) is 4.79 Å². The van der Waals surface area contributed by atoms with E-state index < -0.39 is 17.2 Å². The Hall–Kier alpha value is -3.14. The number of aliphatic imine (C=N–C) groups is 1. The first-order chi connectivity index (χ1) is 17.5. The van der Waals surface area contributed by atoms with Crippen LogP contribution < -0.4 is 21.5 Å². The lowest BCUT2D eigenvalue weighted by Crippen LogP contribution is -2.62. The second-order valence-electron chi connectivity index (χ2n) is 10.8. The minimum Gasteiger partial charge on any atom is -0.496 e. The summed E-state index contributed by atoms with van der Waals surface area (Å²) < 4.78 is 10.7. The van der Waals surface area contributed by atoms with E-state index in [1.165, 1.54) is 7.11 Å². The fourth-order valence-corrected chi connectivity index (χ4v) is 5.55. The maximum absolute atomic E-state index is 13.8. The topological polar surface area (TPSA) is 149 Å². The molecule has 1 atom stereocenters. The van der Waals surface area contributed by atoms with Gasteiger partial charge in [0.05, 0.1) is 13.7 Å². The van der Waals surface area contributed by atoms with Gasteiger partial charge < -0.3 is 31.2 Å². The van der Waals surface area contributed by atoms with Crippen molar-refractivity contribution in [2.75, 3.05) is 20.2 Å². The lowest BCUT2D eigenvalue weighted by molar-refractivity contribution is -0.148. The van der Waals surface area contributed by atoms with E-state index in [0.717, 1.165) is 44.1 Å². The van der Waals surface area contributed by atoms with Crippen molar-refractivity contribution in [3.8, 4) is 5.75 Å². The number of nitrogens with two attached hydrogens (primary N) is 2. The Morgan fingerprint density at radius 3 is 2.49 bits per heavy atom. The monoisotopic (exact) mass is 515 g/mol. The minimum atomic E-state index is -0.867. The van der Waals surface area contributed by atoms with Gasteiger partial charge in [0.2, 0.25) is 11.8 Å². The predicted octanol–water partition coefficient (Wildman–Crippen LogP) is 2.85. The van der Waals surface area contributed by atoms with E-state index in [2.05, 4.69) is 10.3 Å². The average Bonchev–Trinajstić information content (AvgIpc) is 3.32. The second-order valence-corrected chi connectivity index (χ2v) is 10.8.